The first-order valence-corrected chi connectivity index (χ1v) is 12.6. The number of fused-ring (bicyclic) bond motifs is 1. The van der Waals surface area contributed by atoms with Crippen LogP contribution < -0.4 is 16.2 Å². The van der Waals surface area contributed by atoms with Gasteiger partial charge in [-0.25, -0.2) is 8.78 Å². The SMILES string of the molecule is CCn1cc(-c2cc(NC(=O)c3cc(F)cc(C(F)(F)F)c3)c3c(c2)C(=O)N[C@@H]3c2cc(F)ccc2Cl)ccc1=O. The van der Waals surface area contributed by atoms with Gasteiger partial charge >= 0.3 is 6.18 Å². The quantitative estimate of drug-likeness (QED) is 0.259. The zero-order valence-electron chi connectivity index (χ0n) is 21.1. The number of aromatic nitrogens is 1. The molecule has 5 rings (SSSR count). The fraction of sp³-hybridized carbons (Fsp3) is 0.138. The van der Waals surface area contributed by atoms with Crippen LogP contribution in [0.25, 0.3) is 11.1 Å². The van der Waals surface area contributed by atoms with E-state index in [0.717, 1.165) is 12.1 Å². The topological polar surface area (TPSA) is 80.2 Å². The molecular weight excluding hydrogens is 569 g/mol. The van der Waals surface area contributed by atoms with E-state index in [1.807, 2.05) is 0 Å². The van der Waals surface area contributed by atoms with E-state index in [2.05, 4.69) is 10.6 Å². The Labute approximate surface area is 234 Å². The van der Waals surface area contributed by atoms with Crippen LogP contribution in [-0.4, -0.2) is 16.4 Å². The number of pyridine rings is 1. The van der Waals surface area contributed by atoms with Crippen LogP contribution in [0.4, 0.5) is 27.6 Å². The molecule has 4 aromatic rings. The van der Waals surface area contributed by atoms with Crippen molar-refractivity contribution in [3.63, 3.8) is 0 Å². The Balaban J connectivity index is 1.68. The number of halogens is 6. The second-order valence-electron chi connectivity index (χ2n) is 9.28. The van der Waals surface area contributed by atoms with Gasteiger partial charge in [-0.1, -0.05) is 11.6 Å². The molecule has 2 heterocycles. The van der Waals surface area contributed by atoms with Crippen molar-refractivity contribution in [1.29, 1.82) is 0 Å². The molecular formula is C29H19ClF5N3O3. The summed E-state index contributed by atoms with van der Waals surface area (Å²) in [6.07, 6.45) is -3.36. The van der Waals surface area contributed by atoms with Gasteiger partial charge in [-0.3, -0.25) is 14.4 Å². The van der Waals surface area contributed by atoms with Crippen LogP contribution in [0, 0.1) is 11.6 Å². The lowest BCUT2D eigenvalue weighted by atomic mass is 9.93. The maximum Gasteiger partial charge on any atom is 0.416 e. The Kier molecular flexibility index (Phi) is 7.16. The standard InChI is InChI=1S/C29H19ClF5N3O3/c1-2-38-13-14(3-6-24(38)39)15-9-21-25(26(37-28(21)41)20-12-18(31)4-5-22(20)30)23(10-15)36-27(40)16-7-17(29(33,34)35)11-19(32)8-16/h3-13,26H,2H2,1H3,(H,36,40)(H,37,41)/t26-/m1/s1. The summed E-state index contributed by atoms with van der Waals surface area (Å²) < 4.78 is 69.5. The van der Waals surface area contributed by atoms with Gasteiger partial charge in [-0.05, 0) is 72.6 Å². The number of amides is 2. The van der Waals surface area contributed by atoms with Crippen molar-refractivity contribution in [3.8, 4) is 11.1 Å². The predicted molar refractivity (Wildman–Crippen MR) is 142 cm³/mol. The maximum atomic E-state index is 14.2. The van der Waals surface area contributed by atoms with Crippen molar-refractivity contribution in [2.24, 2.45) is 0 Å². The number of rotatable bonds is 5. The number of nitrogens with one attached hydrogen (secondary N) is 2. The number of carbonyl (C=O) groups is 2. The number of carbonyl (C=O) groups excluding carboxylic acids is 2. The van der Waals surface area contributed by atoms with Crippen molar-refractivity contribution in [3.05, 3.63) is 122 Å². The zero-order valence-corrected chi connectivity index (χ0v) is 21.8. The van der Waals surface area contributed by atoms with Gasteiger partial charge in [-0.15, -0.1) is 0 Å². The van der Waals surface area contributed by atoms with Crippen LogP contribution in [0.5, 0.6) is 0 Å². The third kappa shape index (κ3) is 5.45. The average molecular weight is 588 g/mol. The van der Waals surface area contributed by atoms with Gasteiger partial charge in [0.15, 0.2) is 0 Å². The molecule has 41 heavy (non-hydrogen) atoms. The largest absolute Gasteiger partial charge is 0.416 e. The fourth-order valence-electron chi connectivity index (χ4n) is 4.70. The van der Waals surface area contributed by atoms with E-state index in [1.54, 1.807) is 13.1 Å². The van der Waals surface area contributed by atoms with Gasteiger partial charge in [0.05, 0.1) is 11.6 Å². The molecule has 2 amide bonds. The zero-order chi connectivity index (χ0) is 29.6. The van der Waals surface area contributed by atoms with E-state index in [-0.39, 0.29) is 39.0 Å². The van der Waals surface area contributed by atoms with E-state index in [9.17, 15) is 36.3 Å². The Morgan fingerprint density at radius 2 is 1.73 bits per heavy atom. The van der Waals surface area contributed by atoms with Crippen LogP contribution >= 0.6 is 11.6 Å². The smallest absolute Gasteiger partial charge is 0.341 e. The normalized spacial score (nSPS) is 14.5. The molecule has 0 unspecified atom stereocenters. The van der Waals surface area contributed by atoms with E-state index in [1.165, 1.54) is 34.9 Å². The first-order chi connectivity index (χ1) is 19.3. The molecule has 0 aliphatic carbocycles. The van der Waals surface area contributed by atoms with Crippen LogP contribution in [-0.2, 0) is 12.7 Å². The lowest BCUT2D eigenvalue weighted by Gasteiger charge is -2.19. The first-order valence-electron chi connectivity index (χ1n) is 12.2. The van der Waals surface area contributed by atoms with E-state index in [0.29, 0.717) is 29.8 Å². The van der Waals surface area contributed by atoms with Crippen LogP contribution in [0.2, 0.25) is 5.02 Å². The van der Waals surface area contributed by atoms with E-state index in [4.69, 9.17) is 11.6 Å². The summed E-state index contributed by atoms with van der Waals surface area (Å²) in [5, 5.41) is 5.31. The number of anilines is 1. The molecule has 6 nitrogen and oxygen atoms in total. The van der Waals surface area contributed by atoms with Crippen LogP contribution in [0.1, 0.15) is 50.4 Å². The van der Waals surface area contributed by atoms with Gasteiger partial charge < -0.3 is 15.2 Å². The second-order valence-corrected chi connectivity index (χ2v) is 9.69. The van der Waals surface area contributed by atoms with Crippen molar-refractivity contribution >= 4 is 29.1 Å². The highest BCUT2D eigenvalue weighted by molar-refractivity contribution is 6.31. The Morgan fingerprint density at radius 1 is 0.976 bits per heavy atom. The number of aryl methyl sites for hydroxylation is 1. The molecule has 0 radical (unpaired) electrons. The van der Waals surface area contributed by atoms with Gasteiger partial charge in [0, 0.05) is 51.8 Å². The molecule has 0 fully saturated rings. The number of hydrogen-bond acceptors (Lipinski definition) is 3. The highest BCUT2D eigenvalue weighted by Crippen LogP contribution is 2.42. The molecule has 0 spiro atoms. The molecule has 1 aliphatic heterocycles. The molecule has 1 aliphatic rings. The summed E-state index contributed by atoms with van der Waals surface area (Å²) in [6.45, 7) is 2.11. The minimum Gasteiger partial charge on any atom is -0.341 e. The molecule has 1 aromatic heterocycles. The average Bonchev–Trinajstić information content (AvgIpc) is 3.25. The molecule has 0 saturated heterocycles. The van der Waals surface area contributed by atoms with Crippen LogP contribution in [0.15, 0.2) is 71.7 Å². The predicted octanol–water partition coefficient (Wildman–Crippen LogP) is 6.57. The van der Waals surface area contributed by atoms with E-state index >= 15 is 0 Å². The molecule has 0 bridgehead atoms. The fourth-order valence-corrected chi connectivity index (χ4v) is 4.93. The first kappa shape index (κ1) is 28.0. The number of alkyl halides is 3. The monoisotopic (exact) mass is 587 g/mol. The minimum absolute atomic E-state index is 0.0155. The molecule has 2 N–H and O–H groups in total. The molecule has 0 saturated carbocycles. The molecule has 3 aromatic carbocycles. The van der Waals surface area contributed by atoms with Gasteiger partial charge in [-0.2, -0.15) is 13.2 Å². The van der Waals surface area contributed by atoms with Crippen molar-refractivity contribution in [1.82, 2.24) is 9.88 Å². The Morgan fingerprint density at radius 3 is 2.44 bits per heavy atom. The van der Waals surface area contributed by atoms with Crippen LogP contribution in [0.3, 0.4) is 0 Å². The number of benzene rings is 3. The van der Waals surface area contributed by atoms with Crippen molar-refractivity contribution in [2.45, 2.75) is 25.7 Å². The second kappa shape index (κ2) is 10.5. The Hall–Kier alpha value is -4.51. The van der Waals surface area contributed by atoms with Gasteiger partial charge in [0.1, 0.15) is 11.6 Å². The maximum absolute atomic E-state index is 14.2. The lowest BCUT2D eigenvalue weighted by Crippen LogP contribution is -2.21. The lowest BCUT2D eigenvalue weighted by molar-refractivity contribution is -0.137. The van der Waals surface area contributed by atoms with Gasteiger partial charge in [0.25, 0.3) is 17.4 Å². The van der Waals surface area contributed by atoms with Crippen molar-refractivity contribution < 1.29 is 31.5 Å². The highest BCUT2D eigenvalue weighted by Gasteiger charge is 2.36. The summed E-state index contributed by atoms with van der Waals surface area (Å²) in [6, 6.07) is 9.72. The minimum atomic E-state index is -4.91. The third-order valence-electron chi connectivity index (χ3n) is 6.65. The Bertz CT molecular complexity index is 1780. The molecule has 1 atom stereocenters. The summed E-state index contributed by atoms with van der Waals surface area (Å²) in [4.78, 5) is 38.4. The molecule has 210 valence electrons. The van der Waals surface area contributed by atoms with E-state index < -0.39 is 46.8 Å². The van der Waals surface area contributed by atoms with Gasteiger partial charge in [0.2, 0.25) is 0 Å². The molecule has 12 heteroatoms. The van der Waals surface area contributed by atoms with Crippen molar-refractivity contribution in [2.75, 3.05) is 5.32 Å². The summed E-state index contributed by atoms with van der Waals surface area (Å²) in [5.41, 5.74) is -0.949. The summed E-state index contributed by atoms with van der Waals surface area (Å²) in [7, 11) is 0. The summed E-state index contributed by atoms with van der Waals surface area (Å²) in [5.74, 6) is -3.59. The third-order valence-corrected chi connectivity index (χ3v) is 6.99. The number of hydrogen-bond donors (Lipinski definition) is 2. The highest BCUT2D eigenvalue weighted by atomic mass is 35.5. The summed E-state index contributed by atoms with van der Waals surface area (Å²) >= 11 is 6.31. The number of nitrogens with zero attached hydrogens (tertiary/aromatic N) is 1.